The zero-order chi connectivity index (χ0) is 18.5. The number of amides is 1. The first-order chi connectivity index (χ1) is 12.5. The molecule has 1 atom stereocenters. The van der Waals surface area contributed by atoms with E-state index >= 15 is 0 Å². The number of anilines is 2. The molecule has 0 saturated carbocycles. The van der Waals surface area contributed by atoms with Crippen LogP contribution >= 0.6 is 11.6 Å². The summed E-state index contributed by atoms with van der Waals surface area (Å²) in [6.45, 7) is 3.97. The van der Waals surface area contributed by atoms with Crippen LogP contribution in [0.15, 0.2) is 36.7 Å². The first kappa shape index (κ1) is 18.6. The largest absolute Gasteiger partial charge is 0.362 e. The van der Waals surface area contributed by atoms with E-state index in [1.807, 2.05) is 31.2 Å². The monoisotopic (exact) mass is 373 g/mol. The number of hydrogen-bond donors (Lipinski definition) is 2. The van der Waals surface area contributed by atoms with Crippen LogP contribution in [0.1, 0.15) is 31.4 Å². The molecule has 1 aromatic carbocycles. The zero-order valence-electron chi connectivity index (χ0n) is 15.1. The van der Waals surface area contributed by atoms with E-state index in [-0.39, 0.29) is 17.9 Å². The minimum absolute atomic E-state index is 0.00273. The van der Waals surface area contributed by atoms with Crippen molar-refractivity contribution < 1.29 is 4.79 Å². The lowest BCUT2D eigenvalue weighted by atomic mass is 9.96. The molecule has 26 heavy (non-hydrogen) atoms. The second-order valence-electron chi connectivity index (χ2n) is 6.79. The molecule has 0 radical (unpaired) electrons. The number of halogens is 1. The quantitative estimate of drug-likeness (QED) is 0.838. The molecule has 1 amide bonds. The van der Waals surface area contributed by atoms with Crippen LogP contribution < -0.4 is 10.6 Å². The van der Waals surface area contributed by atoms with Crippen molar-refractivity contribution in [3.8, 4) is 0 Å². The molecule has 138 valence electrons. The highest BCUT2D eigenvalue weighted by molar-refractivity contribution is 6.29. The van der Waals surface area contributed by atoms with Crippen molar-refractivity contribution in [2.45, 2.75) is 25.8 Å². The van der Waals surface area contributed by atoms with E-state index in [9.17, 15) is 4.79 Å². The third-order valence-electron chi connectivity index (χ3n) is 4.71. The molecule has 0 aliphatic carbocycles. The fourth-order valence-corrected chi connectivity index (χ4v) is 3.27. The molecule has 1 aromatic heterocycles. The van der Waals surface area contributed by atoms with E-state index in [2.05, 4.69) is 32.5 Å². The van der Waals surface area contributed by atoms with Crippen molar-refractivity contribution in [3.05, 3.63) is 47.4 Å². The summed E-state index contributed by atoms with van der Waals surface area (Å²) in [6.07, 6.45) is 4.95. The van der Waals surface area contributed by atoms with E-state index < -0.39 is 0 Å². The maximum absolute atomic E-state index is 12.5. The van der Waals surface area contributed by atoms with E-state index in [0.717, 1.165) is 37.2 Å². The molecule has 0 unspecified atom stereocenters. The molecule has 1 aliphatic heterocycles. The Balaban J connectivity index is 1.63. The van der Waals surface area contributed by atoms with Crippen LogP contribution in [0.25, 0.3) is 0 Å². The molecule has 1 fully saturated rings. The molecule has 6 nitrogen and oxygen atoms in total. The van der Waals surface area contributed by atoms with Crippen molar-refractivity contribution in [1.82, 2.24) is 14.9 Å². The fraction of sp³-hybridized carbons (Fsp3) is 0.421. The van der Waals surface area contributed by atoms with Gasteiger partial charge in [-0.05, 0) is 57.6 Å². The minimum Gasteiger partial charge on any atom is -0.362 e. The van der Waals surface area contributed by atoms with Crippen LogP contribution in [0.5, 0.6) is 0 Å². The summed E-state index contributed by atoms with van der Waals surface area (Å²) < 4.78 is 0. The van der Waals surface area contributed by atoms with E-state index in [1.54, 1.807) is 6.20 Å². The van der Waals surface area contributed by atoms with E-state index in [1.165, 1.54) is 6.20 Å². The maximum atomic E-state index is 12.5. The van der Waals surface area contributed by atoms with Crippen LogP contribution in [0, 0.1) is 5.92 Å². The average Bonchev–Trinajstić information content (AvgIpc) is 2.62. The van der Waals surface area contributed by atoms with Crippen LogP contribution in [-0.4, -0.2) is 40.9 Å². The van der Waals surface area contributed by atoms with Crippen molar-refractivity contribution in [3.63, 3.8) is 0 Å². The number of nitrogens with one attached hydrogen (secondary N) is 2. The Kier molecular flexibility index (Phi) is 6.06. The van der Waals surface area contributed by atoms with Gasteiger partial charge < -0.3 is 15.5 Å². The standard InChI is InChI=1S/C19H24ClN5O/c1-13(22-18-12-21-11-17(20)24-18)15-4-3-5-16(10-15)23-19(26)14-6-8-25(2)9-7-14/h3-5,10-14H,6-9H2,1-2H3,(H,22,24)(H,23,26)/t13-/m0/s1. The summed E-state index contributed by atoms with van der Waals surface area (Å²) in [7, 11) is 2.09. The normalized spacial score (nSPS) is 16.9. The summed E-state index contributed by atoms with van der Waals surface area (Å²) in [4.78, 5) is 23.0. The lowest BCUT2D eigenvalue weighted by Crippen LogP contribution is -2.35. The molecule has 0 spiro atoms. The van der Waals surface area contributed by atoms with Crippen LogP contribution in [0.3, 0.4) is 0 Å². The van der Waals surface area contributed by atoms with Gasteiger partial charge in [-0.3, -0.25) is 9.78 Å². The molecule has 2 N–H and O–H groups in total. The number of piperidine rings is 1. The Labute approximate surface area is 159 Å². The summed E-state index contributed by atoms with van der Waals surface area (Å²) in [5, 5.41) is 6.68. The third kappa shape index (κ3) is 4.93. The van der Waals surface area contributed by atoms with Gasteiger partial charge in [-0.25, -0.2) is 4.98 Å². The Morgan fingerprint density at radius 1 is 1.31 bits per heavy atom. The van der Waals surface area contributed by atoms with Crippen molar-refractivity contribution in [2.75, 3.05) is 30.8 Å². The highest BCUT2D eigenvalue weighted by Crippen LogP contribution is 2.23. The molecule has 2 heterocycles. The van der Waals surface area contributed by atoms with Gasteiger partial charge in [0.15, 0.2) is 0 Å². The van der Waals surface area contributed by atoms with Gasteiger partial charge in [0.25, 0.3) is 0 Å². The lowest BCUT2D eigenvalue weighted by Gasteiger charge is -2.28. The molecular formula is C19H24ClN5O. The summed E-state index contributed by atoms with van der Waals surface area (Å²) in [5.74, 6) is 0.814. The molecule has 0 bridgehead atoms. The van der Waals surface area contributed by atoms with Gasteiger partial charge in [0, 0.05) is 11.6 Å². The second kappa shape index (κ2) is 8.47. The first-order valence-electron chi connectivity index (χ1n) is 8.84. The van der Waals surface area contributed by atoms with Gasteiger partial charge >= 0.3 is 0 Å². The van der Waals surface area contributed by atoms with Gasteiger partial charge in [0.05, 0.1) is 18.4 Å². The zero-order valence-corrected chi connectivity index (χ0v) is 15.8. The third-order valence-corrected chi connectivity index (χ3v) is 4.90. The highest BCUT2D eigenvalue weighted by Gasteiger charge is 2.23. The number of hydrogen-bond acceptors (Lipinski definition) is 5. The average molecular weight is 374 g/mol. The number of rotatable bonds is 5. The summed E-state index contributed by atoms with van der Waals surface area (Å²) in [6, 6.07) is 7.87. The summed E-state index contributed by atoms with van der Waals surface area (Å²) >= 11 is 5.88. The molecular weight excluding hydrogens is 350 g/mol. The Morgan fingerprint density at radius 2 is 2.08 bits per heavy atom. The van der Waals surface area contributed by atoms with Crippen LogP contribution in [0.4, 0.5) is 11.5 Å². The lowest BCUT2D eigenvalue weighted by molar-refractivity contribution is -0.121. The van der Waals surface area contributed by atoms with Crippen LogP contribution in [0.2, 0.25) is 5.15 Å². The van der Waals surface area contributed by atoms with E-state index in [4.69, 9.17) is 11.6 Å². The number of carbonyl (C=O) groups is 1. The van der Waals surface area contributed by atoms with Crippen molar-refractivity contribution >= 4 is 29.0 Å². The van der Waals surface area contributed by atoms with Gasteiger partial charge in [-0.15, -0.1) is 0 Å². The van der Waals surface area contributed by atoms with Gasteiger partial charge in [-0.1, -0.05) is 23.7 Å². The number of nitrogens with zero attached hydrogens (tertiary/aromatic N) is 3. The van der Waals surface area contributed by atoms with Crippen LogP contribution in [-0.2, 0) is 4.79 Å². The predicted molar refractivity (Wildman–Crippen MR) is 104 cm³/mol. The van der Waals surface area contributed by atoms with Crippen molar-refractivity contribution in [2.24, 2.45) is 5.92 Å². The minimum atomic E-state index is 0.00273. The van der Waals surface area contributed by atoms with Crippen molar-refractivity contribution in [1.29, 1.82) is 0 Å². The number of likely N-dealkylation sites (tertiary alicyclic amines) is 1. The van der Waals surface area contributed by atoms with Gasteiger partial charge in [0.1, 0.15) is 11.0 Å². The van der Waals surface area contributed by atoms with E-state index in [0.29, 0.717) is 11.0 Å². The number of aromatic nitrogens is 2. The second-order valence-corrected chi connectivity index (χ2v) is 7.17. The van der Waals surface area contributed by atoms with Gasteiger partial charge in [-0.2, -0.15) is 0 Å². The molecule has 1 saturated heterocycles. The first-order valence-corrected chi connectivity index (χ1v) is 9.22. The van der Waals surface area contributed by atoms with Gasteiger partial charge in [0.2, 0.25) is 5.91 Å². The topological polar surface area (TPSA) is 70.1 Å². The SMILES string of the molecule is C[C@H](Nc1cncc(Cl)n1)c1cccc(NC(=O)C2CCN(C)CC2)c1. The number of carbonyl (C=O) groups excluding carboxylic acids is 1. The maximum Gasteiger partial charge on any atom is 0.227 e. The molecule has 7 heteroatoms. The molecule has 1 aliphatic rings. The molecule has 2 aromatic rings. The highest BCUT2D eigenvalue weighted by atomic mass is 35.5. The Bertz CT molecular complexity index is 761. The number of benzene rings is 1. The fourth-order valence-electron chi connectivity index (χ4n) is 3.12. The molecule has 3 rings (SSSR count). The Hall–Kier alpha value is -2.18. The Morgan fingerprint density at radius 3 is 2.81 bits per heavy atom. The summed E-state index contributed by atoms with van der Waals surface area (Å²) in [5.41, 5.74) is 1.87. The smallest absolute Gasteiger partial charge is 0.227 e. The predicted octanol–water partition coefficient (Wildman–Crippen LogP) is 3.58.